The van der Waals surface area contributed by atoms with Crippen LogP contribution in [0.1, 0.15) is 52.4 Å². The molecule has 100 valence electrons. The monoisotopic (exact) mass is 261 g/mol. The lowest BCUT2D eigenvalue weighted by Gasteiger charge is -2.34. The van der Waals surface area contributed by atoms with Crippen LogP contribution in [0.15, 0.2) is 0 Å². The van der Waals surface area contributed by atoms with Crippen LogP contribution >= 0.6 is 0 Å². The van der Waals surface area contributed by atoms with Gasteiger partial charge in [0.05, 0.1) is 11.4 Å². The van der Waals surface area contributed by atoms with E-state index in [1.807, 2.05) is 13.8 Å². The number of rotatable bonds is 2. The molecule has 0 spiro atoms. The minimum atomic E-state index is -3.23. The molecule has 2 rings (SSSR count). The van der Waals surface area contributed by atoms with E-state index in [1.165, 1.54) is 0 Å². The van der Waals surface area contributed by atoms with Crippen LogP contribution in [0, 0.1) is 0 Å². The average Bonchev–Trinajstić information content (AvgIpc) is 2.54. The largest absolute Gasteiger partial charge is 0.392 e. The Labute approximate surface area is 104 Å². The third-order valence-electron chi connectivity index (χ3n) is 4.07. The lowest BCUT2D eigenvalue weighted by Crippen LogP contribution is -2.47. The van der Waals surface area contributed by atoms with Gasteiger partial charge in [0.25, 0.3) is 0 Å². The third kappa shape index (κ3) is 2.51. The molecule has 1 atom stereocenters. The Bertz CT molecular complexity index is 371. The van der Waals surface area contributed by atoms with Gasteiger partial charge in [0.1, 0.15) is 0 Å². The van der Waals surface area contributed by atoms with E-state index in [9.17, 15) is 13.5 Å². The van der Waals surface area contributed by atoms with Crippen LogP contribution in [0.5, 0.6) is 0 Å². The van der Waals surface area contributed by atoms with Crippen molar-refractivity contribution >= 4 is 10.0 Å². The number of hydrogen-bond donors (Lipinski definition) is 1. The zero-order chi connectivity index (χ0) is 12.7. The number of hydrogen-bond acceptors (Lipinski definition) is 3. The van der Waals surface area contributed by atoms with E-state index in [-0.39, 0.29) is 11.8 Å². The van der Waals surface area contributed by atoms with E-state index >= 15 is 0 Å². The maximum absolute atomic E-state index is 12.6. The molecule has 1 saturated carbocycles. The molecule has 0 amide bonds. The quantitative estimate of drug-likeness (QED) is 0.819. The first-order valence-corrected chi connectivity index (χ1v) is 8.04. The Hall–Kier alpha value is -0.130. The maximum atomic E-state index is 12.6. The van der Waals surface area contributed by atoms with Gasteiger partial charge in [0.2, 0.25) is 10.0 Å². The van der Waals surface area contributed by atoms with Gasteiger partial charge in [-0.25, -0.2) is 8.42 Å². The van der Waals surface area contributed by atoms with E-state index in [0.717, 1.165) is 32.1 Å². The predicted octanol–water partition coefficient (Wildman–Crippen LogP) is 1.49. The van der Waals surface area contributed by atoms with E-state index in [2.05, 4.69) is 0 Å². The molecule has 0 aromatic heterocycles. The fourth-order valence-corrected chi connectivity index (χ4v) is 5.61. The van der Waals surface area contributed by atoms with Crippen LogP contribution in [-0.4, -0.2) is 41.3 Å². The molecule has 4 nitrogen and oxygen atoms in total. The lowest BCUT2D eigenvalue weighted by molar-refractivity contribution is 0.187. The smallest absolute Gasteiger partial charge is 0.217 e. The Morgan fingerprint density at radius 1 is 1.18 bits per heavy atom. The van der Waals surface area contributed by atoms with Crippen molar-refractivity contribution in [3.8, 4) is 0 Å². The molecule has 0 bridgehead atoms. The van der Waals surface area contributed by atoms with Crippen molar-refractivity contribution in [2.45, 2.75) is 69.3 Å². The molecule has 1 heterocycles. The van der Waals surface area contributed by atoms with Gasteiger partial charge >= 0.3 is 0 Å². The number of sulfonamides is 1. The van der Waals surface area contributed by atoms with Gasteiger partial charge in [0.15, 0.2) is 0 Å². The summed E-state index contributed by atoms with van der Waals surface area (Å²) in [5.74, 6) is 0. The molecule has 0 aromatic rings. The highest BCUT2D eigenvalue weighted by atomic mass is 32.2. The normalized spacial score (nSPS) is 31.8. The van der Waals surface area contributed by atoms with Crippen molar-refractivity contribution in [2.75, 3.05) is 6.54 Å². The molecule has 5 heteroatoms. The van der Waals surface area contributed by atoms with Gasteiger partial charge in [-0.2, -0.15) is 4.31 Å². The van der Waals surface area contributed by atoms with E-state index < -0.39 is 21.7 Å². The van der Waals surface area contributed by atoms with Crippen LogP contribution in [0.25, 0.3) is 0 Å². The summed E-state index contributed by atoms with van der Waals surface area (Å²) < 4.78 is 26.7. The van der Waals surface area contributed by atoms with Crippen molar-refractivity contribution < 1.29 is 13.5 Å². The molecule has 2 fully saturated rings. The summed E-state index contributed by atoms with van der Waals surface area (Å²) in [4.78, 5) is 0. The first-order valence-electron chi connectivity index (χ1n) is 6.54. The Morgan fingerprint density at radius 3 is 2.24 bits per heavy atom. The van der Waals surface area contributed by atoms with Crippen molar-refractivity contribution in [3.05, 3.63) is 0 Å². The summed E-state index contributed by atoms with van der Waals surface area (Å²) in [6.07, 6.45) is 4.78. The second kappa shape index (κ2) is 4.52. The van der Waals surface area contributed by atoms with Crippen molar-refractivity contribution in [1.29, 1.82) is 0 Å². The Kier molecular flexibility index (Phi) is 3.54. The Balaban J connectivity index is 2.20. The standard InChI is InChI=1S/C12H23NO3S/c1-12(2)8-10(14)9-13(12)17(15,16)11-6-4-3-5-7-11/h10-11,14H,3-9H2,1-2H3. The van der Waals surface area contributed by atoms with Crippen molar-refractivity contribution in [3.63, 3.8) is 0 Å². The molecule has 1 unspecified atom stereocenters. The number of aliphatic hydroxyl groups excluding tert-OH is 1. The molecule has 1 saturated heterocycles. The molecule has 1 aliphatic heterocycles. The molecule has 17 heavy (non-hydrogen) atoms. The lowest BCUT2D eigenvalue weighted by atomic mass is 10.0. The second-order valence-electron chi connectivity index (χ2n) is 6.01. The van der Waals surface area contributed by atoms with Gasteiger partial charge in [-0.15, -0.1) is 0 Å². The molecule has 1 N–H and O–H groups in total. The van der Waals surface area contributed by atoms with Gasteiger partial charge in [-0.3, -0.25) is 0 Å². The van der Waals surface area contributed by atoms with Crippen molar-refractivity contribution in [2.24, 2.45) is 0 Å². The number of nitrogens with zero attached hydrogens (tertiary/aromatic N) is 1. The highest BCUT2D eigenvalue weighted by molar-refractivity contribution is 7.89. The fraction of sp³-hybridized carbons (Fsp3) is 1.00. The van der Waals surface area contributed by atoms with Gasteiger partial charge < -0.3 is 5.11 Å². The number of aliphatic hydroxyl groups is 1. The summed E-state index contributed by atoms with van der Waals surface area (Å²) >= 11 is 0. The van der Waals surface area contributed by atoms with E-state index in [0.29, 0.717) is 6.42 Å². The third-order valence-corrected chi connectivity index (χ3v) is 6.64. The predicted molar refractivity (Wildman–Crippen MR) is 67.2 cm³/mol. The van der Waals surface area contributed by atoms with Crippen LogP contribution in [0.3, 0.4) is 0 Å². The summed E-state index contributed by atoms with van der Waals surface area (Å²) in [7, 11) is -3.23. The SMILES string of the molecule is CC1(C)CC(O)CN1S(=O)(=O)C1CCCCC1. The highest BCUT2D eigenvalue weighted by Gasteiger charge is 2.47. The zero-order valence-corrected chi connectivity index (χ0v) is 11.5. The summed E-state index contributed by atoms with van der Waals surface area (Å²) in [5.41, 5.74) is -0.435. The first kappa shape index (κ1) is 13.3. The van der Waals surface area contributed by atoms with Crippen molar-refractivity contribution in [1.82, 2.24) is 4.31 Å². The summed E-state index contributed by atoms with van der Waals surface area (Å²) in [6.45, 7) is 4.08. The molecule has 2 aliphatic rings. The van der Waals surface area contributed by atoms with Crippen LogP contribution in [-0.2, 0) is 10.0 Å². The maximum Gasteiger partial charge on any atom is 0.217 e. The van der Waals surface area contributed by atoms with Crippen LogP contribution < -0.4 is 0 Å². The van der Waals surface area contributed by atoms with Crippen LogP contribution in [0.4, 0.5) is 0 Å². The van der Waals surface area contributed by atoms with Gasteiger partial charge in [-0.1, -0.05) is 19.3 Å². The minimum absolute atomic E-state index is 0.221. The molecule has 0 aromatic carbocycles. The summed E-state index contributed by atoms with van der Waals surface area (Å²) in [6, 6.07) is 0. The minimum Gasteiger partial charge on any atom is -0.392 e. The molecular weight excluding hydrogens is 238 g/mol. The first-order chi connectivity index (χ1) is 7.84. The molecular formula is C12H23NO3S. The second-order valence-corrected chi connectivity index (χ2v) is 8.14. The average molecular weight is 261 g/mol. The van der Waals surface area contributed by atoms with Crippen LogP contribution in [0.2, 0.25) is 0 Å². The van der Waals surface area contributed by atoms with E-state index in [1.54, 1.807) is 4.31 Å². The molecule has 1 aliphatic carbocycles. The Morgan fingerprint density at radius 2 is 1.76 bits per heavy atom. The zero-order valence-electron chi connectivity index (χ0n) is 10.7. The number of β-amino-alcohol motifs (C(OH)–C–C–N with tert-alkyl or cyclic N) is 1. The van der Waals surface area contributed by atoms with E-state index in [4.69, 9.17) is 0 Å². The van der Waals surface area contributed by atoms with Gasteiger partial charge in [0, 0.05) is 12.1 Å². The van der Waals surface area contributed by atoms with Gasteiger partial charge in [-0.05, 0) is 33.1 Å². The highest BCUT2D eigenvalue weighted by Crippen LogP contribution is 2.36. The fourth-order valence-electron chi connectivity index (χ4n) is 3.17. The summed E-state index contributed by atoms with van der Waals surface area (Å²) in [5, 5.41) is 9.47. The molecule has 0 radical (unpaired) electrons. The topological polar surface area (TPSA) is 57.6 Å².